The monoisotopic (exact) mass is 315 g/mol. The van der Waals surface area contributed by atoms with Crippen molar-refractivity contribution in [3.63, 3.8) is 0 Å². The minimum absolute atomic E-state index is 0.123. The highest BCUT2D eigenvalue weighted by Gasteiger charge is 2.21. The summed E-state index contributed by atoms with van der Waals surface area (Å²) in [6, 6.07) is 5.47. The van der Waals surface area contributed by atoms with Gasteiger partial charge >= 0.3 is 5.97 Å². The first kappa shape index (κ1) is 14.3. The molecular weight excluding hydrogens is 302 g/mol. The number of fused-ring (bicyclic) bond motifs is 1. The van der Waals surface area contributed by atoms with Gasteiger partial charge in [-0.15, -0.1) is 11.8 Å². The van der Waals surface area contributed by atoms with Crippen molar-refractivity contribution in [3.8, 4) is 0 Å². The third-order valence-corrected chi connectivity index (χ3v) is 3.80. The van der Waals surface area contributed by atoms with Gasteiger partial charge in [0, 0.05) is 25.0 Å². The fraction of sp³-hybridized carbons (Fsp3) is 0.143. The molecule has 22 heavy (non-hydrogen) atoms. The third-order valence-electron chi connectivity index (χ3n) is 3.12. The number of aromatic nitrogens is 4. The van der Waals surface area contributed by atoms with Crippen LogP contribution in [0.5, 0.6) is 0 Å². The number of anilines is 1. The first-order valence-corrected chi connectivity index (χ1v) is 7.71. The molecule has 0 aliphatic carbocycles. The molecule has 112 valence electrons. The van der Waals surface area contributed by atoms with E-state index in [1.165, 1.54) is 16.3 Å². The van der Waals surface area contributed by atoms with Gasteiger partial charge in [0.25, 0.3) is 0 Å². The van der Waals surface area contributed by atoms with Crippen LogP contribution in [0, 0.1) is 0 Å². The lowest BCUT2D eigenvalue weighted by atomic mass is 10.2. The molecule has 0 unspecified atom stereocenters. The SMILES string of the molecule is CSc1nc2ccnn2c(NCc2ccncc2)c1C(=O)O. The Morgan fingerprint density at radius 1 is 1.32 bits per heavy atom. The Morgan fingerprint density at radius 3 is 2.77 bits per heavy atom. The number of carboxylic acids is 1. The van der Waals surface area contributed by atoms with E-state index < -0.39 is 5.97 Å². The molecular formula is C14H13N5O2S. The van der Waals surface area contributed by atoms with Gasteiger partial charge in [0.05, 0.1) is 6.20 Å². The largest absolute Gasteiger partial charge is 0.477 e. The number of nitrogens with zero attached hydrogens (tertiary/aromatic N) is 4. The summed E-state index contributed by atoms with van der Waals surface area (Å²) in [7, 11) is 0. The van der Waals surface area contributed by atoms with Crippen LogP contribution < -0.4 is 5.32 Å². The molecule has 0 saturated carbocycles. The number of carbonyl (C=O) groups is 1. The standard InChI is InChI=1S/C14H13N5O2S/c1-22-13-11(14(20)21)12(19-10(18-13)4-7-17-19)16-8-9-2-5-15-6-3-9/h2-7,16H,8H2,1H3,(H,20,21). The minimum atomic E-state index is -1.04. The second-order valence-corrected chi connectivity index (χ2v) is 5.26. The van der Waals surface area contributed by atoms with Crippen molar-refractivity contribution in [3.05, 3.63) is 47.9 Å². The topological polar surface area (TPSA) is 92.4 Å². The van der Waals surface area contributed by atoms with E-state index in [9.17, 15) is 9.90 Å². The Balaban J connectivity index is 2.07. The van der Waals surface area contributed by atoms with Crippen LogP contribution in [0.4, 0.5) is 5.82 Å². The van der Waals surface area contributed by atoms with Gasteiger partial charge in [-0.25, -0.2) is 9.78 Å². The van der Waals surface area contributed by atoms with Crippen molar-refractivity contribution in [1.29, 1.82) is 0 Å². The summed E-state index contributed by atoms with van der Waals surface area (Å²) in [4.78, 5) is 19.9. The highest BCUT2D eigenvalue weighted by Crippen LogP contribution is 2.27. The van der Waals surface area contributed by atoms with Gasteiger partial charge in [0.15, 0.2) is 5.65 Å². The minimum Gasteiger partial charge on any atom is -0.477 e. The molecule has 0 fully saturated rings. The zero-order chi connectivity index (χ0) is 15.5. The molecule has 0 amide bonds. The smallest absolute Gasteiger partial charge is 0.342 e. The molecule has 3 aromatic heterocycles. The maximum Gasteiger partial charge on any atom is 0.342 e. The van der Waals surface area contributed by atoms with Crippen molar-refractivity contribution < 1.29 is 9.90 Å². The lowest BCUT2D eigenvalue weighted by Gasteiger charge is -2.13. The highest BCUT2D eigenvalue weighted by atomic mass is 32.2. The summed E-state index contributed by atoms with van der Waals surface area (Å²) < 4.78 is 1.50. The number of thioether (sulfide) groups is 1. The molecule has 8 heteroatoms. The van der Waals surface area contributed by atoms with Crippen LogP contribution in [0.25, 0.3) is 5.65 Å². The van der Waals surface area contributed by atoms with Crippen molar-refractivity contribution in [2.45, 2.75) is 11.6 Å². The summed E-state index contributed by atoms with van der Waals surface area (Å²) in [6.07, 6.45) is 6.78. The maximum absolute atomic E-state index is 11.6. The van der Waals surface area contributed by atoms with Gasteiger partial charge in [-0.3, -0.25) is 4.98 Å². The van der Waals surface area contributed by atoms with E-state index in [-0.39, 0.29) is 5.56 Å². The van der Waals surface area contributed by atoms with E-state index in [4.69, 9.17) is 0 Å². The van der Waals surface area contributed by atoms with Gasteiger partial charge < -0.3 is 10.4 Å². The third kappa shape index (κ3) is 2.60. The Hall–Kier alpha value is -2.61. The van der Waals surface area contributed by atoms with Crippen LogP contribution in [-0.4, -0.2) is 36.9 Å². The van der Waals surface area contributed by atoms with Crippen LogP contribution in [0.3, 0.4) is 0 Å². The van der Waals surface area contributed by atoms with Crippen molar-refractivity contribution in [1.82, 2.24) is 19.6 Å². The second-order valence-electron chi connectivity index (χ2n) is 4.46. The number of aromatic carboxylic acids is 1. The van der Waals surface area contributed by atoms with Crippen LogP contribution in [0.1, 0.15) is 15.9 Å². The fourth-order valence-corrected chi connectivity index (χ4v) is 2.68. The summed E-state index contributed by atoms with van der Waals surface area (Å²) in [5.41, 5.74) is 1.72. The van der Waals surface area contributed by atoms with E-state index >= 15 is 0 Å². The zero-order valence-electron chi connectivity index (χ0n) is 11.7. The zero-order valence-corrected chi connectivity index (χ0v) is 12.5. The lowest BCUT2D eigenvalue weighted by molar-refractivity contribution is 0.0692. The Bertz CT molecular complexity index is 819. The van der Waals surface area contributed by atoms with Crippen molar-refractivity contribution in [2.75, 3.05) is 11.6 Å². The molecule has 0 spiro atoms. The van der Waals surface area contributed by atoms with Crippen LogP contribution in [-0.2, 0) is 6.54 Å². The maximum atomic E-state index is 11.6. The van der Waals surface area contributed by atoms with Gasteiger partial charge in [0.1, 0.15) is 16.4 Å². The van der Waals surface area contributed by atoms with E-state index in [2.05, 4.69) is 20.4 Å². The first-order chi connectivity index (χ1) is 10.7. The number of pyridine rings is 1. The van der Waals surface area contributed by atoms with E-state index in [0.717, 1.165) is 5.56 Å². The van der Waals surface area contributed by atoms with E-state index in [0.29, 0.717) is 23.0 Å². The molecule has 3 rings (SSSR count). The Labute approximate surface area is 130 Å². The van der Waals surface area contributed by atoms with Crippen LogP contribution in [0.15, 0.2) is 41.8 Å². The van der Waals surface area contributed by atoms with Gasteiger partial charge in [-0.2, -0.15) is 9.61 Å². The average molecular weight is 315 g/mol. The summed E-state index contributed by atoms with van der Waals surface area (Å²) in [5, 5.41) is 17.3. The average Bonchev–Trinajstić information content (AvgIpc) is 3.00. The number of rotatable bonds is 5. The van der Waals surface area contributed by atoms with E-state index in [1.807, 2.05) is 12.1 Å². The van der Waals surface area contributed by atoms with Crippen LogP contribution >= 0.6 is 11.8 Å². The fourth-order valence-electron chi connectivity index (χ4n) is 2.11. The summed E-state index contributed by atoms with van der Waals surface area (Å²) >= 11 is 1.29. The summed E-state index contributed by atoms with van der Waals surface area (Å²) in [5.74, 6) is -0.616. The number of carboxylic acid groups (broad SMARTS) is 1. The van der Waals surface area contributed by atoms with Gasteiger partial charge in [0.2, 0.25) is 0 Å². The molecule has 0 aromatic carbocycles. The van der Waals surface area contributed by atoms with Crippen molar-refractivity contribution in [2.24, 2.45) is 0 Å². The predicted octanol–water partition coefficient (Wildman–Crippen LogP) is 2.16. The van der Waals surface area contributed by atoms with Gasteiger partial charge in [-0.05, 0) is 24.0 Å². The highest BCUT2D eigenvalue weighted by molar-refractivity contribution is 7.98. The van der Waals surface area contributed by atoms with E-state index in [1.54, 1.807) is 30.9 Å². The van der Waals surface area contributed by atoms with Crippen molar-refractivity contribution >= 4 is 29.2 Å². The lowest BCUT2D eigenvalue weighted by Crippen LogP contribution is -2.14. The molecule has 2 N–H and O–H groups in total. The molecule has 7 nitrogen and oxygen atoms in total. The number of nitrogens with one attached hydrogen (secondary N) is 1. The van der Waals surface area contributed by atoms with Crippen LogP contribution in [0.2, 0.25) is 0 Å². The normalized spacial score (nSPS) is 10.8. The Morgan fingerprint density at radius 2 is 2.09 bits per heavy atom. The summed E-state index contributed by atoms with van der Waals surface area (Å²) in [6.45, 7) is 0.468. The molecule has 0 atom stereocenters. The molecule has 0 radical (unpaired) electrons. The Kier molecular flexibility index (Phi) is 3.92. The first-order valence-electron chi connectivity index (χ1n) is 6.48. The molecule has 0 aliphatic heterocycles. The number of hydrogen-bond donors (Lipinski definition) is 2. The quantitative estimate of drug-likeness (QED) is 0.550. The molecule has 0 bridgehead atoms. The predicted molar refractivity (Wildman–Crippen MR) is 83.3 cm³/mol. The second kappa shape index (κ2) is 6.02. The number of hydrogen-bond acceptors (Lipinski definition) is 6. The molecule has 3 heterocycles. The molecule has 0 aliphatic rings. The molecule has 3 aromatic rings. The van der Waals surface area contributed by atoms with Gasteiger partial charge in [-0.1, -0.05) is 0 Å². The molecule has 0 saturated heterocycles.